The molecule has 0 aliphatic rings. The Morgan fingerprint density at radius 2 is 1.74 bits per heavy atom. The number of nitrogens with zero attached hydrogens (tertiary/aromatic N) is 1. The first-order valence-corrected chi connectivity index (χ1v) is 6.07. The van der Waals surface area contributed by atoms with Gasteiger partial charge in [-0.05, 0) is 35.7 Å². The molecule has 0 radical (unpaired) electrons. The number of aromatic nitrogens is 1. The fraction of sp³-hybridized carbons (Fsp3) is 0.0625. The highest BCUT2D eigenvalue weighted by molar-refractivity contribution is 5.96. The molecule has 0 saturated carbocycles. The molecule has 19 heavy (non-hydrogen) atoms. The van der Waals surface area contributed by atoms with Crippen LogP contribution in [-0.4, -0.2) is 12.1 Å². The zero-order chi connectivity index (χ0) is 13.2. The highest BCUT2D eigenvalue weighted by Gasteiger charge is 2.07. The lowest BCUT2D eigenvalue weighted by molar-refractivity contribution is 0.415. The van der Waals surface area contributed by atoms with Crippen molar-refractivity contribution >= 4 is 16.6 Å². The van der Waals surface area contributed by atoms with Crippen molar-refractivity contribution in [2.45, 2.75) is 0 Å². The van der Waals surface area contributed by atoms with E-state index < -0.39 is 0 Å². The molecule has 3 aromatic rings. The maximum atomic E-state index is 5.88. The third-order valence-electron chi connectivity index (χ3n) is 3.12. The average molecular weight is 250 g/mol. The standard InChI is InChI=1S/C16H14N2O/c1-19-13-8-6-11(7-9-13)16-14-5-3-2-4-12(14)10-15(17)18-16/h2-10H,1H3,(H2,17,18). The van der Waals surface area contributed by atoms with Crippen LogP contribution in [0.5, 0.6) is 5.75 Å². The average Bonchev–Trinajstić information content (AvgIpc) is 2.46. The summed E-state index contributed by atoms with van der Waals surface area (Å²) in [6, 6.07) is 17.8. The van der Waals surface area contributed by atoms with E-state index in [0.717, 1.165) is 27.8 Å². The van der Waals surface area contributed by atoms with E-state index in [0.29, 0.717) is 5.82 Å². The fourth-order valence-corrected chi connectivity index (χ4v) is 2.19. The number of hydrogen-bond donors (Lipinski definition) is 1. The highest BCUT2D eigenvalue weighted by Crippen LogP contribution is 2.29. The lowest BCUT2D eigenvalue weighted by Crippen LogP contribution is -1.94. The molecule has 2 aromatic carbocycles. The van der Waals surface area contributed by atoms with E-state index in [9.17, 15) is 0 Å². The number of hydrogen-bond acceptors (Lipinski definition) is 3. The van der Waals surface area contributed by atoms with E-state index in [1.54, 1.807) is 7.11 Å². The van der Waals surface area contributed by atoms with Gasteiger partial charge in [0.05, 0.1) is 12.8 Å². The number of benzene rings is 2. The van der Waals surface area contributed by atoms with Crippen molar-refractivity contribution in [3.8, 4) is 17.0 Å². The molecule has 0 unspecified atom stereocenters. The molecule has 2 N–H and O–H groups in total. The minimum atomic E-state index is 0.532. The molecule has 0 atom stereocenters. The first-order chi connectivity index (χ1) is 9.28. The molecular formula is C16H14N2O. The Bertz CT molecular complexity index is 720. The van der Waals surface area contributed by atoms with E-state index in [1.807, 2.05) is 48.5 Å². The molecule has 0 aliphatic carbocycles. The maximum Gasteiger partial charge on any atom is 0.124 e. The number of methoxy groups -OCH3 is 1. The maximum absolute atomic E-state index is 5.88. The molecule has 0 spiro atoms. The monoisotopic (exact) mass is 250 g/mol. The summed E-state index contributed by atoms with van der Waals surface area (Å²) in [5.74, 6) is 1.36. The molecule has 0 fully saturated rings. The molecule has 94 valence electrons. The van der Waals surface area contributed by atoms with Crippen molar-refractivity contribution in [1.82, 2.24) is 4.98 Å². The molecule has 3 nitrogen and oxygen atoms in total. The van der Waals surface area contributed by atoms with Crippen LogP contribution in [0.4, 0.5) is 5.82 Å². The highest BCUT2D eigenvalue weighted by atomic mass is 16.5. The van der Waals surface area contributed by atoms with Gasteiger partial charge in [0.15, 0.2) is 0 Å². The second-order valence-corrected chi connectivity index (χ2v) is 4.35. The zero-order valence-corrected chi connectivity index (χ0v) is 10.6. The van der Waals surface area contributed by atoms with E-state index in [1.165, 1.54) is 0 Å². The number of rotatable bonds is 2. The van der Waals surface area contributed by atoms with Crippen LogP contribution in [0.25, 0.3) is 22.0 Å². The van der Waals surface area contributed by atoms with Gasteiger partial charge in [-0.1, -0.05) is 24.3 Å². The molecule has 1 heterocycles. The molecule has 3 heteroatoms. The van der Waals surface area contributed by atoms with E-state index >= 15 is 0 Å². The molecule has 0 amide bonds. The number of ether oxygens (including phenoxy) is 1. The number of nitrogens with two attached hydrogens (primary N) is 1. The quantitative estimate of drug-likeness (QED) is 0.757. The Hall–Kier alpha value is -2.55. The van der Waals surface area contributed by atoms with Gasteiger partial charge in [0.2, 0.25) is 0 Å². The second-order valence-electron chi connectivity index (χ2n) is 4.35. The number of pyridine rings is 1. The van der Waals surface area contributed by atoms with Crippen LogP contribution < -0.4 is 10.5 Å². The van der Waals surface area contributed by atoms with Crippen LogP contribution in [-0.2, 0) is 0 Å². The van der Waals surface area contributed by atoms with Crippen LogP contribution in [0.2, 0.25) is 0 Å². The summed E-state index contributed by atoms with van der Waals surface area (Å²) in [5.41, 5.74) is 7.82. The van der Waals surface area contributed by atoms with E-state index in [2.05, 4.69) is 11.1 Å². The lowest BCUT2D eigenvalue weighted by Gasteiger charge is -2.08. The summed E-state index contributed by atoms with van der Waals surface area (Å²) in [5, 5.41) is 2.20. The van der Waals surface area contributed by atoms with E-state index in [-0.39, 0.29) is 0 Å². The van der Waals surface area contributed by atoms with Gasteiger partial charge in [-0.2, -0.15) is 0 Å². The molecule has 1 aromatic heterocycles. The van der Waals surface area contributed by atoms with Crippen molar-refractivity contribution in [3.05, 3.63) is 54.6 Å². The Balaban J connectivity index is 2.22. The van der Waals surface area contributed by atoms with Crippen LogP contribution in [0.1, 0.15) is 0 Å². The minimum absolute atomic E-state index is 0.532. The van der Waals surface area contributed by atoms with Gasteiger partial charge in [-0.25, -0.2) is 4.98 Å². The third kappa shape index (κ3) is 2.10. The number of fused-ring (bicyclic) bond motifs is 1. The topological polar surface area (TPSA) is 48.1 Å². The van der Waals surface area contributed by atoms with Gasteiger partial charge < -0.3 is 10.5 Å². The summed E-state index contributed by atoms with van der Waals surface area (Å²) >= 11 is 0. The van der Waals surface area contributed by atoms with Gasteiger partial charge in [0.25, 0.3) is 0 Å². The Morgan fingerprint density at radius 1 is 1.00 bits per heavy atom. The van der Waals surface area contributed by atoms with Gasteiger partial charge in [0, 0.05) is 10.9 Å². The van der Waals surface area contributed by atoms with Gasteiger partial charge in [0.1, 0.15) is 11.6 Å². The summed E-state index contributed by atoms with van der Waals surface area (Å²) in [7, 11) is 1.66. The molecule has 0 aliphatic heterocycles. The normalized spacial score (nSPS) is 10.6. The van der Waals surface area contributed by atoms with Crippen molar-refractivity contribution < 1.29 is 4.74 Å². The van der Waals surface area contributed by atoms with Gasteiger partial charge in [-0.15, -0.1) is 0 Å². The SMILES string of the molecule is COc1ccc(-c2nc(N)cc3ccccc23)cc1. The number of nitrogen functional groups attached to an aromatic ring is 1. The predicted molar refractivity (Wildman–Crippen MR) is 78.1 cm³/mol. The van der Waals surface area contributed by atoms with Crippen LogP contribution in [0, 0.1) is 0 Å². The Morgan fingerprint density at radius 3 is 2.47 bits per heavy atom. The predicted octanol–water partition coefficient (Wildman–Crippen LogP) is 3.49. The van der Waals surface area contributed by atoms with Gasteiger partial charge >= 0.3 is 0 Å². The van der Waals surface area contributed by atoms with Crippen molar-refractivity contribution in [2.24, 2.45) is 0 Å². The summed E-state index contributed by atoms with van der Waals surface area (Å²) < 4.78 is 5.17. The summed E-state index contributed by atoms with van der Waals surface area (Å²) in [4.78, 5) is 4.46. The van der Waals surface area contributed by atoms with Crippen LogP contribution >= 0.6 is 0 Å². The fourth-order valence-electron chi connectivity index (χ4n) is 2.19. The summed E-state index contributed by atoms with van der Waals surface area (Å²) in [6.07, 6.45) is 0. The number of anilines is 1. The smallest absolute Gasteiger partial charge is 0.124 e. The first-order valence-electron chi connectivity index (χ1n) is 6.07. The van der Waals surface area contributed by atoms with Crippen molar-refractivity contribution in [2.75, 3.05) is 12.8 Å². The Kier molecular flexibility index (Phi) is 2.80. The van der Waals surface area contributed by atoms with Gasteiger partial charge in [-0.3, -0.25) is 0 Å². The van der Waals surface area contributed by atoms with Crippen molar-refractivity contribution in [1.29, 1.82) is 0 Å². The molecule has 0 saturated heterocycles. The minimum Gasteiger partial charge on any atom is -0.497 e. The molecule has 0 bridgehead atoms. The molecule has 3 rings (SSSR count). The Labute approximate surface area is 111 Å². The van der Waals surface area contributed by atoms with E-state index in [4.69, 9.17) is 10.5 Å². The lowest BCUT2D eigenvalue weighted by atomic mass is 10.0. The zero-order valence-electron chi connectivity index (χ0n) is 10.6. The largest absolute Gasteiger partial charge is 0.497 e. The second kappa shape index (κ2) is 4.61. The molecular weight excluding hydrogens is 236 g/mol. The van der Waals surface area contributed by atoms with Crippen molar-refractivity contribution in [3.63, 3.8) is 0 Å². The van der Waals surface area contributed by atoms with Crippen LogP contribution in [0.3, 0.4) is 0 Å². The summed E-state index contributed by atoms with van der Waals surface area (Å²) in [6.45, 7) is 0. The third-order valence-corrected chi connectivity index (χ3v) is 3.12. The van der Waals surface area contributed by atoms with Crippen LogP contribution in [0.15, 0.2) is 54.6 Å². The first kappa shape index (κ1) is 11.5.